The first-order valence-corrected chi connectivity index (χ1v) is 7.75. The molecule has 130 valence electrons. The van der Waals surface area contributed by atoms with Crippen molar-refractivity contribution in [2.24, 2.45) is 0 Å². The van der Waals surface area contributed by atoms with Crippen molar-refractivity contribution in [2.45, 2.75) is 19.9 Å². The van der Waals surface area contributed by atoms with E-state index in [-0.39, 0.29) is 25.0 Å². The summed E-state index contributed by atoms with van der Waals surface area (Å²) in [6.45, 7) is 4.76. The van der Waals surface area contributed by atoms with Crippen LogP contribution in [0.25, 0.3) is 11.1 Å². The highest BCUT2D eigenvalue weighted by molar-refractivity contribution is 5.85. The lowest BCUT2D eigenvalue weighted by atomic mass is 10.0. The number of carboxylic acids is 1. The van der Waals surface area contributed by atoms with Crippen LogP contribution < -0.4 is 4.74 Å². The summed E-state index contributed by atoms with van der Waals surface area (Å²) >= 11 is 0. The predicted molar refractivity (Wildman–Crippen MR) is 99.0 cm³/mol. The summed E-state index contributed by atoms with van der Waals surface area (Å²) in [6, 6.07) is 16.3. The lowest BCUT2D eigenvalue weighted by Gasteiger charge is -2.26. The van der Waals surface area contributed by atoms with Crippen LogP contribution >= 0.6 is 12.4 Å². The van der Waals surface area contributed by atoms with Crippen molar-refractivity contribution in [1.82, 2.24) is 4.90 Å². The molecule has 0 saturated carbocycles. The SMILES string of the molecule is CCN(CC(=O)O)C(C)c1ccc(-c2cccc(OC)c2)cc1.Cl. The van der Waals surface area contributed by atoms with Gasteiger partial charge in [0.2, 0.25) is 0 Å². The summed E-state index contributed by atoms with van der Waals surface area (Å²) in [7, 11) is 1.66. The Labute approximate surface area is 149 Å². The molecular formula is C19H24ClNO3. The van der Waals surface area contributed by atoms with E-state index in [1.165, 1.54) is 0 Å². The molecule has 0 fully saturated rings. The van der Waals surface area contributed by atoms with Gasteiger partial charge in [-0.1, -0.05) is 43.3 Å². The summed E-state index contributed by atoms with van der Waals surface area (Å²) < 4.78 is 5.26. The predicted octanol–water partition coefficient (Wildman–Crippen LogP) is 4.25. The van der Waals surface area contributed by atoms with Gasteiger partial charge in [0.25, 0.3) is 0 Å². The molecule has 0 spiro atoms. The molecule has 0 radical (unpaired) electrons. The zero-order chi connectivity index (χ0) is 16.8. The van der Waals surface area contributed by atoms with Gasteiger partial charge in [0, 0.05) is 6.04 Å². The second kappa shape index (κ2) is 9.30. The highest BCUT2D eigenvalue weighted by Crippen LogP contribution is 2.26. The number of methoxy groups -OCH3 is 1. The van der Waals surface area contributed by atoms with Crippen molar-refractivity contribution in [1.29, 1.82) is 0 Å². The van der Waals surface area contributed by atoms with Crippen LogP contribution in [0.15, 0.2) is 48.5 Å². The van der Waals surface area contributed by atoms with E-state index in [1.807, 2.05) is 43.0 Å². The lowest BCUT2D eigenvalue weighted by Crippen LogP contribution is -2.32. The van der Waals surface area contributed by atoms with Crippen LogP contribution in [0.2, 0.25) is 0 Å². The molecule has 0 saturated heterocycles. The first kappa shape index (κ1) is 20.0. The molecule has 4 nitrogen and oxygen atoms in total. The van der Waals surface area contributed by atoms with Crippen LogP contribution in [0.3, 0.4) is 0 Å². The van der Waals surface area contributed by atoms with Crippen LogP contribution in [0.5, 0.6) is 5.75 Å². The Balaban J connectivity index is 0.00000288. The number of carboxylic acid groups (broad SMARTS) is 1. The van der Waals surface area contributed by atoms with Gasteiger partial charge in [-0.25, -0.2) is 0 Å². The largest absolute Gasteiger partial charge is 0.497 e. The van der Waals surface area contributed by atoms with Gasteiger partial charge in [-0.2, -0.15) is 0 Å². The van der Waals surface area contributed by atoms with Gasteiger partial charge in [-0.3, -0.25) is 9.69 Å². The van der Waals surface area contributed by atoms with Gasteiger partial charge < -0.3 is 9.84 Å². The second-order valence-corrected chi connectivity index (χ2v) is 5.49. The number of carbonyl (C=O) groups is 1. The molecule has 2 aromatic rings. The third kappa shape index (κ3) is 4.98. The molecule has 0 heterocycles. The topological polar surface area (TPSA) is 49.8 Å². The first-order valence-electron chi connectivity index (χ1n) is 7.75. The van der Waals surface area contributed by atoms with E-state index in [4.69, 9.17) is 9.84 Å². The minimum Gasteiger partial charge on any atom is -0.497 e. The van der Waals surface area contributed by atoms with E-state index in [2.05, 4.69) is 24.3 Å². The maximum Gasteiger partial charge on any atom is 0.317 e. The smallest absolute Gasteiger partial charge is 0.317 e. The van der Waals surface area contributed by atoms with E-state index < -0.39 is 5.97 Å². The lowest BCUT2D eigenvalue weighted by molar-refractivity contribution is -0.138. The number of halogens is 1. The molecule has 5 heteroatoms. The Hall–Kier alpha value is -2.04. The van der Waals surface area contributed by atoms with Gasteiger partial charge in [0.05, 0.1) is 13.7 Å². The van der Waals surface area contributed by atoms with Gasteiger partial charge in [-0.05, 0) is 42.3 Å². The molecule has 1 atom stereocenters. The van der Waals surface area contributed by atoms with Gasteiger partial charge in [0.1, 0.15) is 5.75 Å². The Morgan fingerprint density at radius 2 is 1.83 bits per heavy atom. The zero-order valence-electron chi connectivity index (χ0n) is 14.2. The second-order valence-electron chi connectivity index (χ2n) is 5.49. The quantitative estimate of drug-likeness (QED) is 0.811. The molecule has 1 unspecified atom stereocenters. The van der Waals surface area contributed by atoms with Crippen molar-refractivity contribution in [2.75, 3.05) is 20.2 Å². The third-order valence-corrected chi connectivity index (χ3v) is 4.09. The Morgan fingerprint density at radius 3 is 2.38 bits per heavy atom. The van der Waals surface area contributed by atoms with E-state index in [0.29, 0.717) is 6.54 Å². The Morgan fingerprint density at radius 1 is 1.17 bits per heavy atom. The molecule has 0 aliphatic carbocycles. The fraction of sp³-hybridized carbons (Fsp3) is 0.316. The van der Waals surface area contributed by atoms with E-state index >= 15 is 0 Å². The van der Waals surface area contributed by atoms with E-state index in [0.717, 1.165) is 22.4 Å². The summed E-state index contributed by atoms with van der Waals surface area (Å²) in [5.41, 5.74) is 3.32. The van der Waals surface area contributed by atoms with Gasteiger partial charge in [0.15, 0.2) is 0 Å². The molecule has 1 N–H and O–H groups in total. The summed E-state index contributed by atoms with van der Waals surface area (Å²) in [5, 5.41) is 9.00. The fourth-order valence-corrected chi connectivity index (χ4v) is 2.66. The monoisotopic (exact) mass is 349 g/mol. The number of ether oxygens (including phenoxy) is 1. The molecule has 0 aliphatic heterocycles. The van der Waals surface area contributed by atoms with E-state index in [9.17, 15) is 4.79 Å². The third-order valence-electron chi connectivity index (χ3n) is 4.09. The Bertz CT molecular complexity index is 658. The molecule has 0 aliphatic rings. The molecule has 2 aromatic carbocycles. The van der Waals surface area contributed by atoms with Gasteiger partial charge in [-0.15, -0.1) is 12.4 Å². The first-order chi connectivity index (χ1) is 11.0. The van der Waals surface area contributed by atoms with Crippen LogP contribution in [0.1, 0.15) is 25.5 Å². The zero-order valence-corrected chi connectivity index (χ0v) is 15.0. The number of aliphatic carboxylic acids is 1. The average Bonchev–Trinajstić information content (AvgIpc) is 2.59. The molecule has 0 bridgehead atoms. The molecule has 0 aromatic heterocycles. The maximum absolute atomic E-state index is 11.0. The summed E-state index contributed by atoms with van der Waals surface area (Å²) in [4.78, 5) is 12.9. The fourth-order valence-electron chi connectivity index (χ4n) is 2.66. The molecule has 2 rings (SSSR count). The number of rotatable bonds is 7. The molecule has 0 amide bonds. The summed E-state index contributed by atoms with van der Waals surface area (Å²) in [6.07, 6.45) is 0. The normalized spacial score (nSPS) is 11.7. The Kier molecular flexibility index (Phi) is 7.75. The van der Waals surface area contributed by atoms with Crippen molar-refractivity contribution >= 4 is 18.4 Å². The number of hydrogen-bond acceptors (Lipinski definition) is 3. The van der Waals surface area contributed by atoms with Crippen LogP contribution in [-0.4, -0.2) is 36.2 Å². The summed E-state index contributed by atoms with van der Waals surface area (Å²) in [5.74, 6) is 0.0326. The number of benzene rings is 2. The van der Waals surface area contributed by atoms with Crippen LogP contribution in [-0.2, 0) is 4.79 Å². The number of nitrogens with zero attached hydrogens (tertiary/aromatic N) is 1. The highest BCUT2D eigenvalue weighted by Gasteiger charge is 2.16. The van der Waals surface area contributed by atoms with Crippen LogP contribution in [0, 0.1) is 0 Å². The maximum atomic E-state index is 11.0. The average molecular weight is 350 g/mol. The highest BCUT2D eigenvalue weighted by atomic mass is 35.5. The minimum absolute atomic E-state index is 0. The van der Waals surface area contributed by atoms with Crippen molar-refractivity contribution in [3.05, 3.63) is 54.1 Å². The van der Waals surface area contributed by atoms with Crippen LogP contribution in [0.4, 0.5) is 0 Å². The molecular weight excluding hydrogens is 326 g/mol. The van der Waals surface area contributed by atoms with Crippen molar-refractivity contribution < 1.29 is 14.6 Å². The standard InChI is InChI=1S/C19H23NO3.ClH/c1-4-20(13-19(21)22)14(2)15-8-10-16(11-9-15)17-6-5-7-18(12-17)23-3;/h5-12,14H,4,13H2,1-3H3,(H,21,22);1H. The van der Waals surface area contributed by atoms with Crippen molar-refractivity contribution in [3.63, 3.8) is 0 Å². The van der Waals surface area contributed by atoms with Gasteiger partial charge >= 0.3 is 5.97 Å². The van der Waals surface area contributed by atoms with E-state index in [1.54, 1.807) is 7.11 Å². The van der Waals surface area contributed by atoms with Crippen molar-refractivity contribution in [3.8, 4) is 16.9 Å². The molecule has 24 heavy (non-hydrogen) atoms. The minimum atomic E-state index is -0.799. The number of likely N-dealkylation sites (N-methyl/N-ethyl adjacent to an activating group) is 1. The number of hydrogen-bond donors (Lipinski definition) is 1.